The number of carbonyl (C=O) groups excluding carboxylic acids is 1. The van der Waals surface area contributed by atoms with E-state index in [1.807, 2.05) is 32.0 Å². The van der Waals surface area contributed by atoms with Gasteiger partial charge in [0, 0.05) is 26.0 Å². The summed E-state index contributed by atoms with van der Waals surface area (Å²) in [6.45, 7) is 3.45. The van der Waals surface area contributed by atoms with Crippen LogP contribution in [0.3, 0.4) is 0 Å². The van der Waals surface area contributed by atoms with Gasteiger partial charge in [-0.2, -0.15) is 5.10 Å². The van der Waals surface area contributed by atoms with E-state index >= 15 is 0 Å². The maximum absolute atomic E-state index is 11.3. The number of aromatic nitrogens is 2. The highest BCUT2D eigenvalue weighted by Crippen LogP contribution is 2.13. The Morgan fingerprint density at radius 3 is 2.57 bits per heavy atom. The number of ketones is 1. The number of aryl methyl sites for hydroxylation is 1. The van der Waals surface area contributed by atoms with Crippen LogP contribution in [0.25, 0.3) is 5.57 Å². The summed E-state index contributed by atoms with van der Waals surface area (Å²) in [6.07, 6.45) is 1.78. The summed E-state index contributed by atoms with van der Waals surface area (Å²) in [5, 5.41) is 6.87. The van der Waals surface area contributed by atoms with Gasteiger partial charge in [-0.25, -0.2) is 0 Å². The van der Waals surface area contributed by atoms with Crippen molar-refractivity contribution in [2.24, 2.45) is 0 Å². The Kier molecular flexibility index (Phi) is 3.06. The van der Waals surface area contributed by atoms with Gasteiger partial charge in [0.15, 0.2) is 5.78 Å². The van der Waals surface area contributed by atoms with Gasteiger partial charge in [0.2, 0.25) is 0 Å². The molecule has 1 N–H and O–H groups in total. The molecule has 0 aliphatic heterocycles. The molecule has 1 heterocycles. The van der Waals surface area contributed by atoms with Crippen molar-refractivity contribution in [3.8, 4) is 0 Å². The molecule has 0 aliphatic rings. The number of allylic oxidation sites excluding steroid dienone is 1. The number of nitrogens with one attached hydrogen (secondary N) is 1. The Morgan fingerprint density at radius 2 is 2.21 bits per heavy atom. The van der Waals surface area contributed by atoms with Gasteiger partial charge < -0.3 is 4.90 Å². The van der Waals surface area contributed by atoms with E-state index in [0.717, 1.165) is 5.69 Å². The number of rotatable bonds is 3. The Hall–Kier alpha value is -1.58. The zero-order valence-corrected chi connectivity index (χ0v) is 8.96. The molecule has 4 heteroatoms. The van der Waals surface area contributed by atoms with Crippen LogP contribution in [0, 0.1) is 6.92 Å². The van der Waals surface area contributed by atoms with Crippen molar-refractivity contribution < 1.29 is 4.79 Å². The molecule has 0 unspecified atom stereocenters. The highest BCUT2D eigenvalue weighted by atomic mass is 16.1. The van der Waals surface area contributed by atoms with Gasteiger partial charge in [0.05, 0.1) is 11.3 Å². The number of carbonyl (C=O) groups is 1. The second-order valence-electron chi connectivity index (χ2n) is 3.50. The maximum Gasteiger partial charge on any atom is 0.163 e. The maximum atomic E-state index is 11.3. The molecule has 76 valence electrons. The van der Waals surface area contributed by atoms with E-state index < -0.39 is 0 Å². The SMILES string of the molecule is CC(=O)/C(=C\N(C)C)c1cc(C)[nH]n1. The van der Waals surface area contributed by atoms with Gasteiger partial charge in [-0.1, -0.05) is 0 Å². The quantitative estimate of drug-likeness (QED) is 0.734. The lowest BCUT2D eigenvalue weighted by atomic mass is 10.1. The first kappa shape index (κ1) is 10.5. The van der Waals surface area contributed by atoms with Crippen molar-refractivity contribution >= 4 is 11.4 Å². The largest absolute Gasteiger partial charge is 0.383 e. The van der Waals surface area contributed by atoms with Crippen LogP contribution in [0.2, 0.25) is 0 Å². The summed E-state index contributed by atoms with van der Waals surface area (Å²) in [6, 6.07) is 1.86. The molecule has 0 atom stereocenters. The molecule has 0 spiro atoms. The number of H-pyrrole nitrogens is 1. The first-order chi connectivity index (χ1) is 6.50. The molecule has 0 aromatic carbocycles. The molecule has 0 bridgehead atoms. The molecule has 4 nitrogen and oxygen atoms in total. The van der Waals surface area contributed by atoms with E-state index in [1.165, 1.54) is 0 Å². The molecular weight excluding hydrogens is 178 g/mol. The van der Waals surface area contributed by atoms with Crippen molar-refractivity contribution in [2.45, 2.75) is 13.8 Å². The van der Waals surface area contributed by atoms with E-state index in [0.29, 0.717) is 11.3 Å². The van der Waals surface area contributed by atoms with Crippen molar-refractivity contribution in [1.29, 1.82) is 0 Å². The molecule has 0 radical (unpaired) electrons. The summed E-state index contributed by atoms with van der Waals surface area (Å²) in [5.41, 5.74) is 2.27. The van der Waals surface area contributed by atoms with E-state index in [4.69, 9.17) is 0 Å². The average Bonchev–Trinajstić information content (AvgIpc) is 2.46. The molecule has 1 aromatic rings. The van der Waals surface area contributed by atoms with Gasteiger partial charge >= 0.3 is 0 Å². The lowest BCUT2D eigenvalue weighted by molar-refractivity contribution is -0.111. The first-order valence-corrected chi connectivity index (χ1v) is 4.42. The third-order valence-electron chi connectivity index (χ3n) is 1.75. The highest BCUT2D eigenvalue weighted by molar-refractivity contribution is 6.18. The Labute approximate surface area is 83.6 Å². The molecule has 1 rings (SSSR count). The van der Waals surface area contributed by atoms with Crippen LogP contribution >= 0.6 is 0 Å². The molecule has 14 heavy (non-hydrogen) atoms. The van der Waals surface area contributed by atoms with Gasteiger partial charge in [-0.15, -0.1) is 0 Å². The van der Waals surface area contributed by atoms with Crippen LogP contribution in [-0.2, 0) is 4.79 Å². The van der Waals surface area contributed by atoms with Crippen LogP contribution in [0.15, 0.2) is 12.3 Å². The normalized spacial score (nSPS) is 11.6. The second-order valence-corrected chi connectivity index (χ2v) is 3.50. The Bertz CT molecular complexity index is 363. The molecule has 0 fully saturated rings. The van der Waals surface area contributed by atoms with Crippen LogP contribution < -0.4 is 0 Å². The van der Waals surface area contributed by atoms with E-state index in [1.54, 1.807) is 13.1 Å². The summed E-state index contributed by atoms with van der Waals surface area (Å²) < 4.78 is 0. The third-order valence-corrected chi connectivity index (χ3v) is 1.75. The number of nitrogens with zero attached hydrogens (tertiary/aromatic N) is 2. The van der Waals surface area contributed by atoms with Crippen LogP contribution in [0.5, 0.6) is 0 Å². The molecule has 1 aromatic heterocycles. The Morgan fingerprint density at radius 1 is 1.57 bits per heavy atom. The zero-order chi connectivity index (χ0) is 10.7. The average molecular weight is 193 g/mol. The number of aromatic amines is 1. The highest BCUT2D eigenvalue weighted by Gasteiger charge is 2.10. The van der Waals surface area contributed by atoms with Crippen LogP contribution in [0.4, 0.5) is 0 Å². The second kappa shape index (κ2) is 4.09. The fourth-order valence-electron chi connectivity index (χ4n) is 1.15. The number of hydrogen-bond donors (Lipinski definition) is 1. The Balaban J connectivity index is 3.07. The minimum absolute atomic E-state index is 0.0187. The molecule has 0 saturated carbocycles. The fourth-order valence-corrected chi connectivity index (χ4v) is 1.15. The van der Waals surface area contributed by atoms with Crippen molar-refractivity contribution in [3.05, 3.63) is 23.7 Å². The van der Waals surface area contributed by atoms with E-state index in [2.05, 4.69) is 10.2 Å². The smallest absolute Gasteiger partial charge is 0.163 e. The van der Waals surface area contributed by atoms with Crippen LogP contribution in [-0.4, -0.2) is 35.0 Å². The molecule has 0 amide bonds. The minimum Gasteiger partial charge on any atom is -0.383 e. The van der Waals surface area contributed by atoms with Crippen LogP contribution in [0.1, 0.15) is 18.3 Å². The summed E-state index contributed by atoms with van der Waals surface area (Å²) in [5.74, 6) is 0.0187. The van der Waals surface area contributed by atoms with Gasteiger partial charge in [-0.3, -0.25) is 9.89 Å². The summed E-state index contributed by atoms with van der Waals surface area (Å²) in [4.78, 5) is 13.2. The monoisotopic (exact) mass is 193 g/mol. The predicted octanol–water partition coefficient (Wildman–Crippen LogP) is 1.21. The summed E-state index contributed by atoms with van der Waals surface area (Å²) in [7, 11) is 3.75. The molecule has 0 saturated heterocycles. The van der Waals surface area contributed by atoms with Crippen molar-refractivity contribution in [1.82, 2.24) is 15.1 Å². The lowest BCUT2D eigenvalue weighted by Gasteiger charge is -2.07. The van der Waals surface area contributed by atoms with Gasteiger partial charge in [0.25, 0.3) is 0 Å². The fraction of sp³-hybridized carbons (Fsp3) is 0.400. The standard InChI is InChI=1S/C10H15N3O/c1-7-5-10(12-11-7)9(8(2)14)6-13(3)4/h5-6H,1-4H3,(H,11,12)/b9-6+. The zero-order valence-electron chi connectivity index (χ0n) is 8.96. The van der Waals surface area contributed by atoms with Gasteiger partial charge in [-0.05, 0) is 19.9 Å². The lowest BCUT2D eigenvalue weighted by Crippen LogP contribution is -2.06. The third kappa shape index (κ3) is 2.45. The molecular formula is C10H15N3O. The minimum atomic E-state index is 0.0187. The molecule has 0 aliphatic carbocycles. The van der Waals surface area contributed by atoms with Gasteiger partial charge in [0.1, 0.15) is 0 Å². The predicted molar refractivity (Wildman–Crippen MR) is 55.7 cm³/mol. The van der Waals surface area contributed by atoms with E-state index in [9.17, 15) is 4.79 Å². The van der Waals surface area contributed by atoms with Crippen molar-refractivity contribution in [2.75, 3.05) is 14.1 Å². The first-order valence-electron chi connectivity index (χ1n) is 4.42. The topological polar surface area (TPSA) is 49.0 Å². The van der Waals surface area contributed by atoms with E-state index in [-0.39, 0.29) is 5.78 Å². The number of hydrogen-bond acceptors (Lipinski definition) is 3. The number of Topliss-reactive ketones (excluding diaryl/α,β-unsaturated/α-hetero) is 1. The summed E-state index contributed by atoms with van der Waals surface area (Å²) >= 11 is 0. The van der Waals surface area contributed by atoms with Crippen molar-refractivity contribution in [3.63, 3.8) is 0 Å².